The van der Waals surface area contributed by atoms with Gasteiger partial charge in [-0.3, -0.25) is 0 Å². The third kappa shape index (κ3) is 13.1. The van der Waals surface area contributed by atoms with Crippen molar-refractivity contribution in [3.8, 4) is 40.2 Å². The van der Waals surface area contributed by atoms with Gasteiger partial charge >= 0.3 is 0 Å². The molecule has 0 saturated carbocycles. The van der Waals surface area contributed by atoms with Gasteiger partial charge in [0.1, 0.15) is 24.7 Å². The van der Waals surface area contributed by atoms with Gasteiger partial charge in [0.25, 0.3) is 0 Å². The molecule has 6 rings (SSSR count). The van der Waals surface area contributed by atoms with E-state index < -0.39 is 0 Å². The van der Waals surface area contributed by atoms with Gasteiger partial charge in [-0.1, -0.05) is 12.1 Å². The SMILES string of the molecule is COc1cc(Nc2ncnc(Cl)n2)cc(OC)c1OC.COc1ccc(CNc2ncnc(Nc3cc(OC)c(OC)c(OC)c3)n2)cc1.Clc1ncnc(Cl)n1. The summed E-state index contributed by atoms with van der Waals surface area (Å²) >= 11 is 16.3. The second kappa shape index (κ2) is 22.2. The maximum Gasteiger partial charge on any atom is 0.231 e. The van der Waals surface area contributed by atoms with Gasteiger partial charge in [0, 0.05) is 42.2 Å². The Labute approximate surface area is 342 Å². The third-order valence-corrected chi connectivity index (χ3v) is 7.63. The number of aromatic nitrogens is 9. The molecule has 3 aromatic heterocycles. The van der Waals surface area contributed by atoms with Crippen LogP contribution in [-0.4, -0.2) is 94.6 Å². The fourth-order valence-corrected chi connectivity index (χ4v) is 4.94. The second-order valence-electron chi connectivity index (χ2n) is 10.5. The number of nitrogens with one attached hydrogen (secondary N) is 3. The van der Waals surface area contributed by atoms with Crippen LogP contribution in [0, 0.1) is 0 Å². The van der Waals surface area contributed by atoms with E-state index in [1.165, 1.54) is 19.0 Å². The molecule has 0 aliphatic rings. The highest BCUT2D eigenvalue weighted by atomic mass is 35.5. The van der Waals surface area contributed by atoms with E-state index in [-0.39, 0.29) is 15.9 Å². The minimum Gasteiger partial charge on any atom is -0.497 e. The van der Waals surface area contributed by atoms with Crippen LogP contribution in [0.2, 0.25) is 15.9 Å². The van der Waals surface area contributed by atoms with Crippen molar-refractivity contribution in [3.05, 3.63) is 88.9 Å². The van der Waals surface area contributed by atoms with Gasteiger partial charge in [-0.15, -0.1) is 0 Å². The number of anilines is 5. The monoisotopic (exact) mass is 842 g/mol. The van der Waals surface area contributed by atoms with E-state index in [9.17, 15) is 0 Å². The molecule has 0 spiro atoms. The lowest BCUT2D eigenvalue weighted by Gasteiger charge is -2.14. The van der Waals surface area contributed by atoms with Crippen LogP contribution in [-0.2, 0) is 6.54 Å². The zero-order valence-electron chi connectivity index (χ0n) is 31.6. The third-order valence-electron chi connectivity index (χ3n) is 7.08. The predicted octanol–water partition coefficient (Wildman–Crippen LogP) is 6.73. The molecule has 0 saturated heterocycles. The molecule has 0 unspecified atom stereocenters. The van der Waals surface area contributed by atoms with E-state index in [0.717, 1.165) is 11.3 Å². The number of methoxy groups -OCH3 is 7. The van der Waals surface area contributed by atoms with Crippen LogP contribution in [0.15, 0.2) is 67.5 Å². The lowest BCUT2D eigenvalue weighted by Crippen LogP contribution is -2.06. The molecule has 0 fully saturated rings. The van der Waals surface area contributed by atoms with Crippen LogP contribution < -0.4 is 49.1 Å². The minimum atomic E-state index is 0.106. The van der Waals surface area contributed by atoms with E-state index >= 15 is 0 Å². The van der Waals surface area contributed by atoms with Gasteiger partial charge in [-0.2, -0.15) is 15.0 Å². The number of nitrogens with zero attached hydrogens (tertiary/aromatic N) is 9. The van der Waals surface area contributed by atoms with Gasteiger partial charge in [0.2, 0.25) is 45.2 Å². The first kappa shape index (κ1) is 43.3. The maximum absolute atomic E-state index is 5.70. The Hall–Kier alpha value is -6.44. The number of benzene rings is 3. The summed E-state index contributed by atoms with van der Waals surface area (Å²) < 4.78 is 37.0. The summed E-state index contributed by atoms with van der Waals surface area (Å²) in [5, 5.41) is 9.62. The van der Waals surface area contributed by atoms with Crippen molar-refractivity contribution in [1.29, 1.82) is 0 Å². The van der Waals surface area contributed by atoms with Crippen molar-refractivity contribution in [2.24, 2.45) is 0 Å². The van der Waals surface area contributed by atoms with Gasteiger partial charge in [-0.25, -0.2) is 29.9 Å². The molecule has 0 aliphatic carbocycles. The molecule has 0 radical (unpaired) electrons. The smallest absolute Gasteiger partial charge is 0.231 e. The lowest BCUT2D eigenvalue weighted by atomic mass is 10.2. The number of hydrogen-bond donors (Lipinski definition) is 3. The zero-order valence-corrected chi connectivity index (χ0v) is 33.8. The molecule has 0 aliphatic heterocycles. The van der Waals surface area contributed by atoms with Gasteiger partial charge < -0.3 is 49.1 Å². The molecule has 6 aromatic rings. The Morgan fingerprint density at radius 2 is 0.860 bits per heavy atom. The average molecular weight is 844 g/mol. The highest BCUT2D eigenvalue weighted by molar-refractivity contribution is 6.30. The van der Waals surface area contributed by atoms with Crippen molar-refractivity contribution >= 4 is 64.0 Å². The first-order valence-corrected chi connectivity index (χ1v) is 17.3. The zero-order chi connectivity index (χ0) is 41.2. The fourth-order valence-electron chi connectivity index (χ4n) is 4.53. The Morgan fingerprint density at radius 3 is 1.25 bits per heavy atom. The molecule has 0 bridgehead atoms. The Bertz CT molecular complexity index is 2130. The van der Waals surface area contributed by atoms with Gasteiger partial charge in [0.05, 0.1) is 49.8 Å². The van der Waals surface area contributed by atoms with E-state index in [4.69, 9.17) is 68.0 Å². The second-order valence-corrected chi connectivity index (χ2v) is 11.5. The normalized spacial score (nSPS) is 10.0. The predicted molar refractivity (Wildman–Crippen MR) is 214 cm³/mol. The number of ether oxygens (including phenoxy) is 7. The van der Waals surface area contributed by atoms with Crippen molar-refractivity contribution in [2.75, 3.05) is 65.7 Å². The summed E-state index contributed by atoms with van der Waals surface area (Å²) in [5.41, 5.74) is 2.43. The summed E-state index contributed by atoms with van der Waals surface area (Å²) in [6, 6.07) is 14.8. The van der Waals surface area contributed by atoms with Crippen molar-refractivity contribution in [1.82, 2.24) is 44.9 Å². The lowest BCUT2D eigenvalue weighted by molar-refractivity contribution is 0.324. The highest BCUT2D eigenvalue weighted by Gasteiger charge is 2.15. The largest absolute Gasteiger partial charge is 0.497 e. The van der Waals surface area contributed by atoms with Crippen molar-refractivity contribution in [2.45, 2.75) is 6.54 Å². The van der Waals surface area contributed by atoms with Crippen LogP contribution >= 0.6 is 34.8 Å². The number of rotatable bonds is 14. The topological polar surface area (TPSA) is 217 Å². The Balaban J connectivity index is 0.000000221. The Kier molecular flexibility index (Phi) is 16.9. The van der Waals surface area contributed by atoms with Crippen LogP contribution in [0.4, 0.5) is 29.2 Å². The molecule has 3 aromatic carbocycles. The minimum absolute atomic E-state index is 0.106. The van der Waals surface area contributed by atoms with Gasteiger partial charge in [-0.05, 0) is 52.5 Å². The summed E-state index contributed by atoms with van der Waals surface area (Å²) in [7, 11) is 10.9. The molecule has 3 heterocycles. The molecular weight excluding hydrogens is 807 g/mol. The molecule has 57 heavy (non-hydrogen) atoms. The van der Waals surface area contributed by atoms with E-state index in [2.05, 4.69) is 60.8 Å². The van der Waals surface area contributed by atoms with E-state index in [0.29, 0.717) is 70.3 Å². The molecule has 0 amide bonds. The standard InChI is InChI=1S/C20H23N5O4.C12H13ClN4O3.C3HCl2N3/c1-26-15-7-5-13(6-8-15)11-21-19-22-12-23-20(25-19)24-14-9-16(27-2)18(29-4)17(10-14)28-3;1-18-8-4-7(5-9(19-2)10(8)20-3)16-12-15-6-14-11(13)17-12;4-2-6-1-7-3(5)8-2/h5-10,12H,11H2,1-4H3,(H2,21,22,23,24,25);4-6H,1-3H3,(H,14,15,16,17);1H. The quantitative estimate of drug-likeness (QED) is 0.103. The first-order chi connectivity index (χ1) is 27.6. The summed E-state index contributed by atoms with van der Waals surface area (Å²) in [6.45, 7) is 0.567. The summed E-state index contributed by atoms with van der Waals surface area (Å²) in [4.78, 5) is 34.8. The highest BCUT2D eigenvalue weighted by Crippen LogP contribution is 2.41. The molecular formula is C35H37Cl3N12O7. The molecule has 0 atom stereocenters. The van der Waals surface area contributed by atoms with Crippen molar-refractivity contribution in [3.63, 3.8) is 0 Å². The summed E-state index contributed by atoms with van der Waals surface area (Å²) in [6.07, 6.45) is 4.00. The van der Waals surface area contributed by atoms with Crippen LogP contribution in [0.5, 0.6) is 40.2 Å². The summed E-state index contributed by atoms with van der Waals surface area (Å²) in [5.74, 6) is 5.08. The molecule has 3 N–H and O–H groups in total. The van der Waals surface area contributed by atoms with Crippen LogP contribution in [0.25, 0.3) is 0 Å². The number of halogens is 3. The molecule has 22 heteroatoms. The van der Waals surface area contributed by atoms with E-state index in [1.807, 2.05) is 24.3 Å². The first-order valence-electron chi connectivity index (χ1n) is 16.2. The molecule has 19 nitrogen and oxygen atoms in total. The van der Waals surface area contributed by atoms with Gasteiger partial charge in [0.15, 0.2) is 23.0 Å². The van der Waals surface area contributed by atoms with Crippen LogP contribution in [0.1, 0.15) is 5.56 Å². The fraction of sp³-hybridized carbons (Fsp3) is 0.229. The van der Waals surface area contributed by atoms with E-state index in [1.54, 1.807) is 74.0 Å². The molecule has 300 valence electrons. The van der Waals surface area contributed by atoms with Crippen LogP contribution in [0.3, 0.4) is 0 Å². The Morgan fingerprint density at radius 1 is 0.456 bits per heavy atom. The van der Waals surface area contributed by atoms with Crippen molar-refractivity contribution < 1.29 is 33.2 Å². The average Bonchev–Trinajstić information content (AvgIpc) is 3.22. The maximum atomic E-state index is 5.70. The number of hydrogen-bond acceptors (Lipinski definition) is 19.